The van der Waals surface area contributed by atoms with E-state index >= 15 is 0 Å². The normalized spacial score (nSPS) is 12.3. The predicted molar refractivity (Wildman–Crippen MR) is 147 cm³/mol. The smallest absolute Gasteiger partial charge is 0.229 e. The van der Waals surface area contributed by atoms with E-state index in [2.05, 4.69) is 85.6 Å². The number of aromatic nitrogens is 7. The van der Waals surface area contributed by atoms with Gasteiger partial charge in [-0.2, -0.15) is 5.10 Å². The Morgan fingerprint density at radius 3 is 2.11 bits per heavy atom. The number of benzene rings is 2. The van der Waals surface area contributed by atoms with Gasteiger partial charge in [0.05, 0.1) is 13.2 Å². The van der Waals surface area contributed by atoms with Crippen LogP contribution in [-0.4, -0.2) is 48.6 Å². The third-order valence-electron chi connectivity index (χ3n) is 6.10. The van der Waals surface area contributed by atoms with Gasteiger partial charge in [0.15, 0.2) is 5.82 Å². The second-order valence-electron chi connectivity index (χ2n) is 10.9. The summed E-state index contributed by atoms with van der Waals surface area (Å²) in [7, 11) is 0. The Hall–Kier alpha value is -3.43. The highest BCUT2D eigenvalue weighted by Gasteiger charge is 2.34. The Morgan fingerprint density at radius 2 is 1.53 bits per heavy atom. The molecule has 9 heteroatoms. The van der Waals surface area contributed by atoms with E-state index < -0.39 is 5.79 Å². The van der Waals surface area contributed by atoms with Crippen LogP contribution < -0.4 is 0 Å². The lowest BCUT2D eigenvalue weighted by atomic mass is 9.96. The standard InChI is InChI=1S/C29H39N7O2/c1-7-17-37-29(6,38-18-8-2)27-30-25(36(33-27)20-28(3,4)5)19-21-13-15-22(16-14-21)23-11-9-10-12-24(23)26-31-34-35-32-26/h9-16H,7-8,17-20H2,1-6H3,(H,31,32,34,35). The van der Waals surface area contributed by atoms with Crippen LogP contribution in [0.5, 0.6) is 0 Å². The highest BCUT2D eigenvalue weighted by atomic mass is 16.7. The van der Waals surface area contributed by atoms with Gasteiger partial charge in [-0.05, 0) is 52.3 Å². The van der Waals surface area contributed by atoms with Crippen LogP contribution in [0.4, 0.5) is 0 Å². The molecular formula is C29H39N7O2. The zero-order chi connectivity index (χ0) is 27.2. The van der Waals surface area contributed by atoms with Gasteiger partial charge in [-0.1, -0.05) is 83.1 Å². The molecule has 2 heterocycles. The van der Waals surface area contributed by atoms with E-state index in [9.17, 15) is 0 Å². The second-order valence-corrected chi connectivity index (χ2v) is 10.9. The Morgan fingerprint density at radius 1 is 0.868 bits per heavy atom. The van der Waals surface area contributed by atoms with Crippen molar-refractivity contribution in [3.05, 3.63) is 65.7 Å². The molecule has 0 unspecified atom stereocenters. The fourth-order valence-corrected chi connectivity index (χ4v) is 4.24. The molecule has 0 bridgehead atoms. The monoisotopic (exact) mass is 517 g/mol. The van der Waals surface area contributed by atoms with Crippen LogP contribution in [0.1, 0.15) is 71.6 Å². The van der Waals surface area contributed by atoms with Gasteiger partial charge in [0.1, 0.15) is 5.82 Å². The first-order chi connectivity index (χ1) is 18.2. The zero-order valence-electron chi connectivity index (χ0n) is 23.4. The van der Waals surface area contributed by atoms with Gasteiger partial charge in [0.25, 0.3) is 0 Å². The van der Waals surface area contributed by atoms with Crippen LogP contribution in [-0.2, 0) is 28.2 Å². The molecule has 0 aliphatic heterocycles. The summed E-state index contributed by atoms with van der Waals surface area (Å²) in [6.07, 6.45) is 2.43. The molecule has 4 rings (SSSR count). The molecule has 0 fully saturated rings. The molecule has 0 radical (unpaired) electrons. The summed E-state index contributed by atoms with van der Waals surface area (Å²) in [6, 6.07) is 16.6. The van der Waals surface area contributed by atoms with Crippen LogP contribution in [0.25, 0.3) is 22.5 Å². The Kier molecular flexibility index (Phi) is 8.69. The van der Waals surface area contributed by atoms with E-state index in [-0.39, 0.29) is 5.41 Å². The number of ether oxygens (including phenoxy) is 2. The number of hydrogen-bond donors (Lipinski definition) is 1. The topological polar surface area (TPSA) is 104 Å². The van der Waals surface area contributed by atoms with Gasteiger partial charge in [-0.25, -0.2) is 14.8 Å². The molecule has 0 spiro atoms. The lowest BCUT2D eigenvalue weighted by molar-refractivity contribution is -0.239. The van der Waals surface area contributed by atoms with Crippen molar-refractivity contribution in [3.63, 3.8) is 0 Å². The maximum Gasteiger partial charge on any atom is 0.229 e. The molecule has 0 atom stereocenters. The van der Waals surface area contributed by atoms with Crippen molar-refractivity contribution < 1.29 is 9.47 Å². The van der Waals surface area contributed by atoms with Crippen LogP contribution in [0, 0.1) is 5.41 Å². The molecule has 1 N–H and O–H groups in total. The molecule has 9 nitrogen and oxygen atoms in total. The minimum atomic E-state index is -0.979. The fraction of sp³-hybridized carbons (Fsp3) is 0.483. The number of nitrogens with zero attached hydrogens (tertiary/aromatic N) is 6. The first kappa shape index (κ1) is 27.6. The summed E-state index contributed by atoms with van der Waals surface area (Å²) in [5, 5.41) is 19.3. The van der Waals surface area contributed by atoms with Gasteiger partial charge in [0, 0.05) is 18.5 Å². The lowest BCUT2D eigenvalue weighted by Gasteiger charge is -2.27. The fourth-order valence-electron chi connectivity index (χ4n) is 4.24. The quantitative estimate of drug-likeness (QED) is 0.237. The number of tetrazole rings is 1. The van der Waals surface area contributed by atoms with Gasteiger partial charge < -0.3 is 9.47 Å². The van der Waals surface area contributed by atoms with E-state index in [1.165, 1.54) is 0 Å². The maximum absolute atomic E-state index is 6.14. The molecule has 0 saturated carbocycles. The van der Waals surface area contributed by atoms with Crippen molar-refractivity contribution >= 4 is 0 Å². The zero-order valence-corrected chi connectivity index (χ0v) is 23.4. The lowest BCUT2D eigenvalue weighted by Crippen LogP contribution is -2.32. The third-order valence-corrected chi connectivity index (χ3v) is 6.10. The molecular weight excluding hydrogens is 478 g/mol. The van der Waals surface area contributed by atoms with Crippen molar-refractivity contribution in [2.24, 2.45) is 5.41 Å². The summed E-state index contributed by atoms with van der Waals surface area (Å²) in [5.41, 5.74) is 4.29. The maximum atomic E-state index is 6.14. The molecule has 2 aromatic heterocycles. The minimum Gasteiger partial charge on any atom is -0.344 e. The molecule has 4 aromatic rings. The van der Waals surface area contributed by atoms with Crippen LogP contribution in [0.15, 0.2) is 48.5 Å². The van der Waals surface area contributed by atoms with E-state index in [1.807, 2.05) is 29.8 Å². The van der Waals surface area contributed by atoms with Crippen molar-refractivity contribution in [2.45, 2.75) is 73.1 Å². The number of rotatable bonds is 12. The van der Waals surface area contributed by atoms with Crippen molar-refractivity contribution in [3.8, 4) is 22.5 Å². The van der Waals surface area contributed by atoms with Gasteiger partial charge >= 0.3 is 0 Å². The molecule has 38 heavy (non-hydrogen) atoms. The Balaban J connectivity index is 1.63. The highest BCUT2D eigenvalue weighted by molar-refractivity contribution is 5.80. The predicted octanol–water partition coefficient (Wildman–Crippen LogP) is 5.79. The Labute approximate surface area is 225 Å². The van der Waals surface area contributed by atoms with Gasteiger partial charge in [0.2, 0.25) is 11.6 Å². The van der Waals surface area contributed by atoms with Crippen LogP contribution in [0.2, 0.25) is 0 Å². The van der Waals surface area contributed by atoms with Gasteiger partial charge in [-0.15, -0.1) is 5.10 Å². The summed E-state index contributed by atoms with van der Waals surface area (Å²) >= 11 is 0. The van der Waals surface area contributed by atoms with E-state index in [1.54, 1.807) is 0 Å². The van der Waals surface area contributed by atoms with E-state index in [0.717, 1.165) is 47.5 Å². The summed E-state index contributed by atoms with van der Waals surface area (Å²) < 4.78 is 14.3. The second kappa shape index (κ2) is 12.0. The average molecular weight is 518 g/mol. The molecule has 2 aromatic carbocycles. The molecule has 0 saturated heterocycles. The molecule has 0 aliphatic carbocycles. The molecule has 0 amide bonds. The number of nitrogens with one attached hydrogen (secondary N) is 1. The summed E-state index contributed by atoms with van der Waals surface area (Å²) in [6.45, 7) is 14.6. The average Bonchev–Trinajstić information content (AvgIpc) is 3.57. The van der Waals surface area contributed by atoms with Crippen molar-refractivity contribution in [2.75, 3.05) is 13.2 Å². The summed E-state index contributed by atoms with van der Waals surface area (Å²) in [5.74, 6) is 1.13. The first-order valence-electron chi connectivity index (χ1n) is 13.4. The Bertz CT molecular complexity index is 1280. The SMILES string of the molecule is CCCOC(C)(OCCC)c1nc(Cc2ccc(-c3ccccc3-c3nnn[nH]3)cc2)n(CC(C)(C)C)n1. The minimum absolute atomic E-state index is 0.0355. The van der Waals surface area contributed by atoms with E-state index in [4.69, 9.17) is 19.6 Å². The van der Waals surface area contributed by atoms with E-state index in [0.29, 0.717) is 31.3 Å². The number of H-pyrrole nitrogens is 1. The van der Waals surface area contributed by atoms with Crippen molar-refractivity contribution in [1.29, 1.82) is 0 Å². The van der Waals surface area contributed by atoms with Crippen molar-refractivity contribution in [1.82, 2.24) is 35.4 Å². The number of hydrogen-bond acceptors (Lipinski definition) is 7. The van der Waals surface area contributed by atoms with Crippen LogP contribution >= 0.6 is 0 Å². The third kappa shape index (κ3) is 6.71. The summed E-state index contributed by atoms with van der Waals surface area (Å²) in [4.78, 5) is 4.97. The first-order valence-corrected chi connectivity index (χ1v) is 13.4. The van der Waals surface area contributed by atoms with Crippen LogP contribution in [0.3, 0.4) is 0 Å². The highest BCUT2D eigenvalue weighted by Crippen LogP contribution is 2.31. The largest absolute Gasteiger partial charge is 0.344 e. The number of aromatic amines is 1. The molecule has 0 aliphatic rings. The van der Waals surface area contributed by atoms with Gasteiger partial charge in [-0.3, -0.25) is 0 Å². The molecule has 202 valence electrons.